The predicted octanol–water partition coefficient (Wildman–Crippen LogP) is 0.382. The van der Waals surface area contributed by atoms with Crippen LogP contribution in [-0.2, 0) is 4.79 Å². The summed E-state index contributed by atoms with van der Waals surface area (Å²) in [5, 5.41) is 20.8. The van der Waals surface area contributed by atoms with Crippen LogP contribution in [0.4, 0.5) is 5.69 Å². The monoisotopic (exact) mass is 289 g/mol. The summed E-state index contributed by atoms with van der Waals surface area (Å²) in [5.41, 5.74) is 6.85. The summed E-state index contributed by atoms with van der Waals surface area (Å²) < 4.78 is 0. The van der Waals surface area contributed by atoms with Crippen LogP contribution < -0.4 is 11.1 Å². The molecule has 0 aliphatic carbocycles. The van der Waals surface area contributed by atoms with Crippen molar-refractivity contribution in [3.8, 4) is 0 Å². The Morgan fingerprint density at radius 2 is 2.05 bits per heavy atom. The molecule has 1 heterocycles. The van der Waals surface area contributed by atoms with E-state index in [0.29, 0.717) is 11.2 Å². The van der Waals surface area contributed by atoms with Crippen LogP contribution in [0.15, 0.2) is 30.3 Å². The molecule has 1 aromatic heterocycles. The van der Waals surface area contributed by atoms with Crippen LogP contribution in [0, 0.1) is 0 Å². The van der Waals surface area contributed by atoms with Gasteiger partial charge in [0.1, 0.15) is 11.7 Å². The van der Waals surface area contributed by atoms with E-state index in [-0.39, 0.29) is 18.7 Å². The van der Waals surface area contributed by atoms with Gasteiger partial charge in [0.2, 0.25) is 0 Å². The van der Waals surface area contributed by atoms with E-state index in [1.807, 2.05) is 6.07 Å². The highest BCUT2D eigenvalue weighted by Crippen LogP contribution is 2.20. The Morgan fingerprint density at radius 1 is 1.33 bits per heavy atom. The highest BCUT2D eigenvalue weighted by molar-refractivity contribution is 6.00. The summed E-state index contributed by atoms with van der Waals surface area (Å²) in [5.74, 6) is -1.86. The molecule has 0 bridgehead atoms. The van der Waals surface area contributed by atoms with E-state index >= 15 is 0 Å². The predicted molar refractivity (Wildman–Crippen MR) is 76.7 cm³/mol. The Labute approximate surface area is 120 Å². The number of nitrogen functional groups attached to an aromatic ring is 1. The first-order valence-corrected chi connectivity index (χ1v) is 6.32. The molecule has 0 saturated heterocycles. The van der Waals surface area contributed by atoms with Gasteiger partial charge in [-0.2, -0.15) is 0 Å². The van der Waals surface area contributed by atoms with Gasteiger partial charge in [-0.3, -0.25) is 4.79 Å². The fourth-order valence-corrected chi connectivity index (χ4v) is 1.94. The molecule has 0 aliphatic heterocycles. The Kier molecular flexibility index (Phi) is 4.34. The van der Waals surface area contributed by atoms with Gasteiger partial charge in [0.05, 0.1) is 5.52 Å². The molecule has 7 nitrogen and oxygen atoms in total. The number of pyridine rings is 1. The number of nitrogens with two attached hydrogens (primary N) is 1. The van der Waals surface area contributed by atoms with E-state index in [0.717, 1.165) is 5.39 Å². The number of aliphatic carboxylic acids is 1. The largest absolute Gasteiger partial charge is 0.480 e. The number of benzene rings is 1. The Balaban J connectivity index is 2.29. The quantitative estimate of drug-likeness (QED) is 0.630. The maximum atomic E-state index is 12.1. The van der Waals surface area contributed by atoms with Crippen LogP contribution in [0.25, 0.3) is 10.9 Å². The van der Waals surface area contributed by atoms with Crippen LogP contribution in [-0.4, -0.2) is 39.7 Å². The van der Waals surface area contributed by atoms with E-state index in [9.17, 15) is 9.59 Å². The molecule has 2 aromatic rings. The molecule has 2 rings (SSSR count). The maximum Gasteiger partial charge on any atom is 0.326 e. The zero-order valence-electron chi connectivity index (χ0n) is 11.1. The lowest BCUT2D eigenvalue weighted by molar-refractivity contribution is -0.139. The topological polar surface area (TPSA) is 126 Å². The minimum absolute atomic E-state index is 0.0374. The van der Waals surface area contributed by atoms with E-state index in [1.54, 1.807) is 18.2 Å². The number of carboxylic acids is 1. The smallest absolute Gasteiger partial charge is 0.326 e. The molecule has 0 spiro atoms. The van der Waals surface area contributed by atoms with Gasteiger partial charge in [-0.1, -0.05) is 18.2 Å². The summed E-state index contributed by atoms with van der Waals surface area (Å²) in [6.45, 7) is -0.343. The summed E-state index contributed by atoms with van der Waals surface area (Å²) in [4.78, 5) is 27.2. The van der Waals surface area contributed by atoms with Crippen molar-refractivity contribution in [1.29, 1.82) is 0 Å². The van der Waals surface area contributed by atoms with Crippen LogP contribution in [0.2, 0.25) is 0 Å². The number of carbonyl (C=O) groups is 2. The van der Waals surface area contributed by atoms with Crippen molar-refractivity contribution in [2.24, 2.45) is 0 Å². The van der Waals surface area contributed by atoms with Crippen molar-refractivity contribution in [2.45, 2.75) is 12.5 Å². The third-order valence-electron chi connectivity index (χ3n) is 3.00. The first-order valence-electron chi connectivity index (χ1n) is 6.32. The van der Waals surface area contributed by atoms with Gasteiger partial charge < -0.3 is 21.3 Å². The highest BCUT2D eigenvalue weighted by atomic mass is 16.4. The van der Waals surface area contributed by atoms with Gasteiger partial charge in [0, 0.05) is 24.1 Å². The molecule has 1 amide bonds. The zero-order valence-corrected chi connectivity index (χ0v) is 11.1. The summed E-state index contributed by atoms with van der Waals surface area (Å²) >= 11 is 0. The number of anilines is 1. The summed E-state index contributed by atoms with van der Waals surface area (Å²) in [6, 6.07) is 7.30. The third-order valence-corrected chi connectivity index (χ3v) is 3.00. The van der Waals surface area contributed by atoms with Crippen LogP contribution in [0.5, 0.6) is 0 Å². The van der Waals surface area contributed by atoms with Gasteiger partial charge in [-0.15, -0.1) is 0 Å². The number of aliphatic hydroxyl groups is 1. The molecular formula is C14H15N3O4. The Hall–Kier alpha value is -2.67. The molecule has 1 aromatic carbocycles. The Bertz CT molecular complexity index is 687. The third kappa shape index (κ3) is 3.26. The number of hydrogen-bond donors (Lipinski definition) is 4. The normalized spacial score (nSPS) is 12.0. The van der Waals surface area contributed by atoms with E-state index in [1.165, 1.54) is 6.07 Å². The fraction of sp³-hybridized carbons (Fsp3) is 0.214. The molecular weight excluding hydrogens is 274 g/mol. The van der Waals surface area contributed by atoms with E-state index < -0.39 is 17.9 Å². The minimum atomic E-state index is -1.22. The number of amides is 1. The average molecular weight is 289 g/mol. The number of para-hydroxylation sites is 1. The van der Waals surface area contributed by atoms with Crippen LogP contribution in [0.3, 0.4) is 0 Å². The molecule has 0 fully saturated rings. The van der Waals surface area contributed by atoms with E-state index in [4.69, 9.17) is 15.9 Å². The lowest BCUT2D eigenvalue weighted by Crippen LogP contribution is -2.41. The second-order valence-corrected chi connectivity index (χ2v) is 4.49. The fourth-order valence-electron chi connectivity index (χ4n) is 1.94. The SMILES string of the molecule is Nc1cc(C(=O)N[C@H](CCO)C(=O)O)nc2ccccc12. The zero-order chi connectivity index (χ0) is 15.4. The molecule has 5 N–H and O–H groups in total. The van der Waals surface area contributed by atoms with Crippen LogP contribution in [0.1, 0.15) is 16.9 Å². The van der Waals surface area contributed by atoms with Crippen LogP contribution >= 0.6 is 0 Å². The van der Waals surface area contributed by atoms with Crippen molar-refractivity contribution in [3.63, 3.8) is 0 Å². The number of hydrogen-bond acceptors (Lipinski definition) is 5. The molecule has 21 heavy (non-hydrogen) atoms. The molecule has 0 saturated carbocycles. The molecule has 7 heteroatoms. The molecule has 0 unspecified atom stereocenters. The van der Waals surface area contributed by atoms with Gasteiger partial charge >= 0.3 is 5.97 Å². The van der Waals surface area contributed by atoms with Crippen molar-refractivity contribution < 1.29 is 19.8 Å². The number of aromatic nitrogens is 1. The van der Waals surface area contributed by atoms with Gasteiger partial charge in [-0.05, 0) is 12.1 Å². The first kappa shape index (κ1) is 14.7. The van der Waals surface area contributed by atoms with Crippen molar-refractivity contribution in [1.82, 2.24) is 10.3 Å². The molecule has 110 valence electrons. The standard InChI is InChI=1S/C14H15N3O4/c15-9-7-12(16-10-4-2-1-3-8(9)10)13(19)17-11(5-6-18)14(20)21/h1-4,7,11,18H,5-6H2,(H2,15,16)(H,17,19)(H,20,21)/t11-/m1/s1. The molecule has 0 aliphatic rings. The molecule has 0 radical (unpaired) electrons. The second-order valence-electron chi connectivity index (χ2n) is 4.49. The number of fused-ring (bicyclic) bond motifs is 1. The summed E-state index contributed by atoms with van der Waals surface area (Å²) in [6.07, 6.45) is -0.0792. The lowest BCUT2D eigenvalue weighted by atomic mass is 10.1. The summed E-state index contributed by atoms with van der Waals surface area (Å²) in [7, 11) is 0. The second kappa shape index (κ2) is 6.19. The Morgan fingerprint density at radius 3 is 2.71 bits per heavy atom. The number of aliphatic hydroxyl groups excluding tert-OH is 1. The van der Waals surface area contributed by atoms with Crippen molar-refractivity contribution in [2.75, 3.05) is 12.3 Å². The maximum absolute atomic E-state index is 12.1. The minimum Gasteiger partial charge on any atom is -0.480 e. The number of carboxylic acid groups (broad SMARTS) is 1. The lowest BCUT2D eigenvalue weighted by Gasteiger charge is -2.13. The first-order chi connectivity index (χ1) is 10.0. The van der Waals surface area contributed by atoms with E-state index in [2.05, 4.69) is 10.3 Å². The number of rotatable bonds is 5. The van der Waals surface area contributed by atoms with Crippen molar-refractivity contribution >= 4 is 28.5 Å². The average Bonchev–Trinajstić information content (AvgIpc) is 2.46. The number of carbonyl (C=O) groups excluding carboxylic acids is 1. The van der Waals surface area contributed by atoms with Gasteiger partial charge in [0.25, 0.3) is 5.91 Å². The number of nitrogens with zero attached hydrogens (tertiary/aromatic N) is 1. The van der Waals surface area contributed by atoms with Gasteiger partial charge in [-0.25, -0.2) is 9.78 Å². The highest BCUT2D eigenvalue weighted by Gasteiger charge is 2.21. The van der Waals surface area contributed by atoms with Crippen molar-refractivity contribution in [3.05, 3.63) is 36.0 Å². The molecule has 1 atom stereocenters. The van der Waals surface area contributed by atoms with Gasteiger partial charge in [0.15, 0.2) is 0 Å². The number of nitrogens with one attached hydrogen (secondary N) is 1.